The largest absolute Gasteiger partial charge is 0.256 e. The number of unbranched alkanes of at least 4 members (excludes halogenated alkanes) is 29. The van der Waals surface area contributed by atoms with Gasteiger partial charge in [-0.05, 0) is 32.1 Å². The third-order valence-corrected chi connectivity index (χ3v) is 9.85. The van der Waals surface area contributed by atoms with Crippen LogP contribution in [0.1, 0.15) is 232 Å². The van der Waals surface area contributed by atoms with Crippen LogP contribution in [0.2, 0.25) is 0 Å². The molecule has 0 aliphatic carbocycles. The SMILES string of the molecule is CCCCCCCCCCCCCCc1n(CCCCCCCCCCCC)cc[n+]1CCCCCCCCCCCC. The van der Waals surface area contributed by atoms with E-state index in [9.17, 15) is 0 Å². The molecule has 1 aromatic rings. The summed E-state index contributed by atoms with van der Waals surface area (Å²) in [6, 6.07) is 0. The zero-order chi connectivity index (χ0) is 30.9. The van der Waals surface area contributed by atoms with E-state index < -0.39 is 0 Å². The van der Waals surface area contributed by atoms with Crippen LogP contribution in [0.3, 0.4) is 0 Å². The molecule has 1 rings (SSSR count). The Balaban J connectivity index is 2.31. The fraction of sp³-hybridized carbons (Fsp3) is 0.927. The molecule has 0 aliphatic heterocycles. The molecular weight excluding hydrogens is 520 g/mol. The van der Waals surface area contributed by atoms with Gasteiger partial charge < -0.3 is 0 Å². The van der Waals surface area contributed by atoms with E-state index in [0.717, 1.165) is 0 Å². The summed E-state index contributed by atoms with van der Waals surface area (Å²) in [6.07, 6.45) is 51.9. The van der Waals surface area contributed by atoms with Crippen LogP contribution in [-0.2, 0) is 19.5 Å². The molecule has 0 aromatic carbocycles. The van der Waals surface area contributed by atoms with Crippen LogP contribution in [0, 0.1) is 0 Å². The van der Waals surface area contributed by atoms with Crippen molar-refractivity contribution in [2.45, 2.75) is 246 Å². The standard InChI is InChI=1S/C41H81N2/c1-4-7-10-13-16-19-22-23-24-27-30-33-36-41-42(37-34-31-28-25-20-17-14-11-8-5-2)39-40-43(41)38-35-32-29-26-21-18-15-12-9-6-3/h39-40H,4-38H2,1-3H3/q+1. The fourth-order valence-electron chi connectivity index (χ4n) is 6.86. The van der Waals surface area contributed by atoms with Crippen molar-refractivity contribution >= 4 is 0 Å². The summed E-state index contributed by atoms with van der Waals surface area (Å²) in [5, 5.41) is 0. The van der Waals surface area contributed by atoms with Crippen LogP contribution < -0.4 is 4.57 Å². The van der Waals surface area contributed by atoms with E-state index >= 15 is 0 Å². The number of nitrogens with zero attached hydrogens (tertiary/aromatic N) is 2. The van der Waals surface area contributed by atoms with E-state index in [0.29, 0.717) is 0 Å². The second-order valence-corrected chi connectivity index (χ2v) is 14.1. The van der Waals surface area contributed by atoms with Crippen LogP contribution in [0.5, 0.6) is 0 Å². The Labute approximate surface area is 272 Å². The summed E-state index contributed by atoms with van der Waals surface area (Å²) in [5.74, 6) is 1.62. The quantitative estimate of drug-likeness (QED) is 0.0540. The van der Waals surface area contributed by atoms with Crippen molar-refractivity contribution in [1.29, 1.82) is 0 Å². The minimum absolute atomic E-state index is 1.23. The lowest BCUT2D eigenvalue weighted by atomic mass is 10.0. The van der Waals surface area contributed by atoms with E-state index in [1.165, 1.54) is 225 Å². The highest BCUT2D eigenvalue weighted by atomic mass is 15.1. The predicted octanol–water partition coefficient (Wildman–Crippen LogP) is 13.9. The Hall–Kier alpha value is -0.790. The van der Waals surface area contributed by atoms with E-state index in [1.54, 1.807) is 5.82 Å². The highest BCUT2D eigenvalue weighted by molar-refractivity contribution is 4.84. The van der Waals surface area contributed by atoms with Gasteiger partial charge in [0.2, 0.25) is 0 Å². The van der Waals surface area contributed by atoms with Crippen molar-refractivity contribution in [1.82, 2.24) is 4.57 Å². The fourth-order valence-corrected chi connectivity index (χ4v) is 6.86. The highest BCUT2D eigenvalue weighted by Crippen LogP contribution is 2.15. The van der Waals surface area contributed by atoms with Crippen LogP contribution >= 0.6 is 0 Å². The molecule has 0 unspecified atom stereocenters. The van der Waals surface area contributed by atoms with Gasteiger partial charge in [-0.2, -0.15) is 0 Å². The normalized spacial score (nSPS) is 11.6. The number of hydrogen-bond donors (Lipinski definition) is 0. The minimum Gasteiger partial charge on any atom is -0.234 e. The molecule has 0 fully saturated rings. The van der Waals surface area contributed by atoms with Crippen LogP contribution in [0.4, 0.5) is 0 Å². The molecule has 1 heterocycles. The monoisotopic (exact) mass is 602 g/mol. The summed E-state index contributed by atoms with van der Waals surface area (Å²) in [6.45, 7) is 9.40. The van der Waals surface area contributed by atoms with Crippen LogP contribution in [0.25, 0.3) is 0 Å². The molecule has 0 radical (unpaired) electrons. The second kappa shape index (κ2) is 32.6. The smallest absolute Gasteiger partial charge is 0.234 e. The number of imidazole rings is 1. The first-order chi connectivity index (χ1) is 21.3. The van der Waals surface area contributed by atoms with Gasteiger partial charge in [0.1, 0.15) is 12.4 Å². The van der Waals surface area contributed by atoms with Crippen molar-refractivity contribution in [2.24, 2.45) is 0 Å². The first kappa shape index (κ1) is 40.2. The van der Waals surface area contributed by atoms with E-state index in [1.807, 2.05) is 0 Å². The maximum Gasteiger partial charge on any atom is 0.256 e. The Morgan fingerprint density at radius 3 is 1.12 bits per heavy atom. The van der Waals surface area contributed by atoms with Gasteiger partial charge in [0.05, 0.1) is 13.1 Å². The topological polar surface area (TPSA) is 8.81 Å². The van der Waals surface area contributed by atoms with Crippen molar-refractivity contribution in [3.8, 4) is 0 Å². The lowest BCUT2D eigenvalue weighted by Crippen LogP contribution is -2.37. The van der Waals surface area contributed by atoms with Gasteiger partial charge in [-0.25, -0.2) is 9.13 Å². The van der Waals surface area contributed by atoms with Crippen molar-refractivity contribution < 1.29 is 4.57 Å². The molecule has 0 amide bonds. The molecule has 0 N–H and O–H groups in total. The van der Waals surface area contributed by atoms with Gasteiger partial charge in [0.15, 0.2) is 0 Å². The Morgan fingerprint density at radius 1 is 0.395 bits per heavy atom. The summed E-state index contributed by atoms with van der Waals surface area (Å²) < 4.78 is 5.28. The second-order valence-electron chi connectivity index (χ2n) is 14.1. The third kappa shape index (κ3) is 25.1. The first-order valence-corrected chi connectivity index (χ1v) is 20.4. The molecular formula is C41H81N2+. The van der Waals surface area contributed by atoms with Gasteiger partial charge >= 0.3 is 0 Å². The highest BCUT2D eigenvalue weighted by Gasteiger charge is 2.16. The molecule has 0 bridgehead atoms. The molecule has 0 saturated carbocycles. The Morgan fingerprint density at radius 2 is 0.721 bits per heavy atom. The molecule has 0 saturated heterocycles. The van der Waals surface area contributed by atoms with Gasteiger partial charge in [-0.1, -0.05) is 194 Å². The predicted molar refractivity (Wildman–Crippen MR) is 193 cm³/mol. The molecule has 2 nitrogen and oxygen atoms in total. The maximum atomic E-state index is 2.64. The summed E-state index contributed by atoms with van der Waals surface area (Å²) in [5.41, 5.74) is 0. The molecule has 1 aromatic heterocycles. The molecule has 2 heteroatoms. The lowest BCUT2D eigenvalue weighted by Gasteiger charge is -2.07. The van der Waals surface area contributed by atoms with Crippen LogP contribution in [-0.4, -0.2) is 4.57 Å². The summed E-state index contributed by atoms with van der Waals surface area (Å²) in [4.78, 5) is 0. The zero-order valence-corrected chi connectivity index (χ0v) is 30.3. The van der Waals surface area contributed by atoms with E-state index in [4.69, 9.17) is 0 Å². The van der Waals surface area contributed by atoms with Crippen molar-refractivity contribution in [3.05, 3.63) is 18.2 Å². The molecule has 0 atom stereocenters. The molecule has 254 valence electrons. The van der Waals surface area contributed by atoms with E-state index in [2.05, 4.69) is 42.3 Å². The molecule has 0 spiro atoms. The third-order valence-electron chi connectivity index (χ3n) is 9.85. The zero-order valence-electron chi connectivity index (χ0n) is 30.3. The summed E-state index contributed by atoms with van der Waals surface area (Å²) in [7, 11) is 0. The van der Waals surface area contributed by atoms with Crippen molar-refractivity contribution in [3.63, 3.8) is 0 Å². The first-order valence-electron chi connectivity index (χ1n) is 20.4. The van der Waals surface area contributed by atoms with Gasteiger partial charge in [0.25, 0.3) is 5.82 Å². The number of rotatable bonds is 35. The Kier molecular flexibility index (Phi) is 30.5. The minimum atomic E-state index is 1.23. The number of aryl methyl sites for hydroxylation is 2. The maximum absolute atomic E-state index is 2.64. The lowest BCUT2D eigenvalue weighted by molar-refractivity contribution is -0.704. The molecule has 0 aliphatic rings. The van der Waals surface area contributed by atoms with Gasteiger partial charge in [0, 0.05) is 6.42 Å². The number of hydrogen-bond acceptors (Lipinski definition) is 0. The van der Waals surface area contributed by atoms with Crippen molar-refractivity contribution in [2.75, 3.05) is 0 Å². The average Bonchev–Trinajstić information content (AvgIpc) is 3.40. The average molecular weight is 602 g/mol. The molecule has 43 heavy (non-hydrogen) atoms. The number of aromatic nitrogens is 2. The summed E-state index contributed by atoms with van der Waals surface area (Å²) >= 11 is 0. The Bertz CT molecular complexity index is 621. The van der Waals surface area contributed by atoms with Crippen LogP contribution in [0.15, 0.2) is 12.4 Å². The van der Waals surface area contributed by atoms with E-state index in [-0.39, 0.29) is 0 Å². The van der Waals surface area contributed by atoms with Gasteiger partial charge in [-0.3, -0.25) is 0 Å². The van der Waals surface area contributed by atoms with Gasteiger partial charge in [-0.15, -0.1) is 0 Å².